The number of likely N-dealkylation sites (N-methyl/N-ethyl adjacent to an activating group) is 1. The van der Waals surface area contributed by atoms with Crippen molar-refractivity contribution in [3.05, 3.63) is 0 Å². The molecule has 1 aliphatic carbocycles. The number of hydrogen-bond donors (Lipinski definition) is 1. The van der Waals surface area contributed by atoms with E-state index in [2.05, 4.69) is 13.8 Å². The molecule has 0 amide bonds. The summed E-state index contributed by atoms with van der Waals surface area (Å²) in [6.45, 7) is 4.83. The lowest BCUT2D eigenvalue weighted by Crippen LogP contribution is -2.35. The first-order chi connectivity index (χ1) is 7.45. The van der Waals surface area contributed by atoms with Crippen LogP contribution in [-0.2, 0) is 4.74 Å². The first-order valence-corrected chi connectivity index (χ1v) is 6.43. The minimum atomic E-state index is 0.268. The molecule has 0 radical (unpaired) electrons. The van der Waals surface area contributed by atoms with Crippen LogP contribution in [0.1, 0.15) is 39.5 Å². The van der Waals surface area contributed by atoms with Crippen LogP contribution in [0.25, 0.3) is 0 Å². The van der Waals surface area contributed by atoms with E-state index in [1.165, 1.54) is 26.5 Å². The Morgan fingerprint density at radius 2 is 2.19 bits per heavy atom. The van der Waals surface area contributed by atoms with E-state index < -0.39 is 0 Å². The quantitative estimate of drug-likeness (QED) is 0.634. The summed E-state index contributed by atoms with van der Waals surface area (Å²) in [5, 5.41) is 8.82. The molecule has 3 fully saturated rings. The smallest absolute Gasteiger partial charge is 0.284 e. The highest BCUT2D eigenvalue weighted by Crippen LogP contribution is 2.74. The molecule has 4 atom stereocenters. The van der Waals surface area contributed by atoms with E-state index >= 15 is 0 Å². The maximum atomic E-state index is 7.79. The molecule has 0 aromatic rings. The highest BCUT2D eigenvalue weighted by Gasteiger charge is 2.63. The Morgan fingerprint density at radius 3 is 2.94 bits per heavy atom. The van der Waals surface area contributed by atoms with Gasteiger partial charge in [0.25, 0.3) is 6.02 Å². The molecule has 0 spiro atoms. The average molecular weight is 220 g/mol. The van der Waals surface area contributed by atoms with Crippen LogP contribution in [0.5, 0.6) is 0 Å². The number of hydrogen-bond acceptors (Lipinski definition) is 2. The molecule has 0 aromatic carbocycles. The van der Waals surface area contributed by atoms with Crippen LogP contribution < -0.4 is 0 Å². The average Bonchev–Trinajstić information content (AvgIpc) is 2.59. The summed E-state index contributed by atoms with van der Waals surface area (Å²) in [5.74, 6) is 0. The second kappa shape index (κ2) is 2.96. The third kappa shape index (κ3) is 1.25. The highest BCUT2D eigenvalue weighted by molar-refractivity contribution is 6.59. The number of nitrogens with one attached hydrogen (secondary N) is 1. The lowest BCUT2D eigenvalue weighted by molar-refractivity contribution is 0.147. The van der Waals surface area contributed by atoms with Crippen LogP contribution >= 0.6 is 0 Å². The van der Waals surface area contributed by atoms with Crippen molar-refractivity contribution in [1.82, 2.24) is 4.90 Å². The van der Waals surface area contributed by atoms with E-state index in [1.807, 2.05) is 11.9 Å². The topological polar surface area (TPSA) is 36.3 Å². The van der Waals surface area contributed by atoms with Gasteiger partial charge in [0.15, 0.2) is 0 Å². The Balaban J connectivity index is 1.83. The van der Waals surface area contributed by atoms with Crippen molar-refractivity contribution in [2.75, 3.05) is 7.05 Å². The number of amidine groups is 1. The van der Waals surface area contributed by atoms with Gasteiger partial charge in [-0.05, 0) is 12.8 Å². The molecule has 0 aromatic heterocycles. The lowest BCUT2D eigenvalue weighted by Gasteiger charge is -2.30. The van der Waals surface area contributed by atoms with Crippen LogP contribution in [0.4, 0.5) is 0 Å². The van der Waals surface area contributed by atoms with Gasteiger partial charge in [-0.25, -0.2) is 0 Å². The number of ether oxygens (including phenoxy) is 1. The minimum Gasteiger partial charge on any atom is -0.460 e. The first-order valence-electron chi connectivity index (χ1n) is 6.43. The predicted molar refractivity (Wildman–Crippen MR) is 66.5 cm³/mol. The fourth-order valence-electron chi connectivity index (χ4n) is 3.93. The Morgan fingerprint density at radius 1 is 1.44 bits per heavy atom. The van der Waals surface area contributed by atoms with E-state index in [1.54, 1.807) is 0 Å². The van der Waals surface area contributed by atoms with Gasteiger partial charge in [-0.15, -0.1) is 0 Å². The molecule has 16 heavy (non-hydrogen) atoms. The SMILES string of the molecule is CN1C(=N)OC2CC3(C)BC3(C)CCCC21. The van der Waals surface area contributed by atoms with Crippen molar-refractivity contribution < 1.29 is 4.74 Å². The minimum absolute atomic E-state index is 0.268. The monoisotopic (exact) mass is 220 g/mol. The highest BCUT2D eigenvalue weighted by atomic mass is 16.5. The summed E-state index contributed by atoms with van der Waals surface area (Å²) in [7, 11) is 3.35. The van der Waals surface area contributed by atoms with Crippen LogP contribution in [0, 0.1) is 5.41 Å². The molecule has 1 N–H and O–H groups in total. The molecule has 2 aliphatic heterocycles. The summed E-state index contributed by atoms with van der Waals surface area (Å²) < 4.78 is 5.73. The van der Waals surface area contributed by atoms with Gasteiger partial charge < -0.3 is 9.64 Å². The largest absolute Gasteiger partial charge is 0.460 e. The summed E-state index contributed by atoms with van der Waals surface area (Å²) >= 11 is 0. The fourth-order valence-corrected chi connectivity index (χ4v) is 3.93. The zero-order valence-electron chi connectivity index (χ0n) is 10.5. The molecule has 88 valence electrons. The molecule has 4 unspecified atom stereocenters. The molecular formula is C12H21BN2O. The molecule has 0 bridgehead atoms. The number of nitrogens with zero attached hydrogens (tertiary/aromatic N) is 1. The molecule has 3 rings (SSSR count). The van der Waals surface area contributed by atoms with Crippen LogP contribution in [0.3, 0.4) is 0 Å². The maximum absolute atomic E-state index is 7.79. The van der Waals surface area contributed by atoms with Crippen molar-refractivity contribution in [3.63, 3.8) is 0 Å². The van der Waals surface area contributed by atoms with Gasteiger partial charge in [-0.3, -0.25) is 5.41 Å². The number of rotatable bonds is 0. The van der Waals surface area contributed by atoms with Gasteiger partial charge in [0.2, 0.25) is 0 Å². The summed E-state index contributed by atoms with van der Waals surface area (Å²) in [5.41, 5.74) is 0. The summed E-state index contributed by atoms with van der Waals surface area (Å²) in [4.78, 5) is 2.03. The number of fused-ring (bicyclic) bond motifs is 2. The summed E-state index contributed by atoms with van der Waals surface area (Å²) in [6, 6.07) is 0.831. The van der Waals surface area contributed by atoms with E-state index in [4.69, 9.17) is 10.1 Å². The second-order valence-corrected chi connectivity index (χ2v) is 6.53. The maximum Gasteiger partial charge on any atom is 0.284 e. The van der Waals surface area contributed by atoms with Crippen molar-refractivity contribution in [2.24, 2.45) is 0 Å². The fraction of sp³-hybridized carbons (Fsp3) is 0.917. The molecule has 4 heteroatoms. The van der Waals surface area contributed by atoms with Crippen molar-refractivity contribution in [2.45, 2.75) is 62.3 Å². The van der Waals surface area contributed by atoms with E-state index in [9.17, 15) is 0 Å². The van der Waals surface area contributed by atoms with Gasteiger partial charge in [0.1, 0.15) is 13.4 Å². The molecule has 1 saturated carbocycles. The van der Waals surface area contributed by atoms with Gasteiger partial charge in [0.05, 0.1) is 6.04 Å². The molecular weight excluding hydrogens is 199 g/mol. The van der Waals surface area contributed by atoms with Crippen LogP contribution in [-0.4, -0.2) is 37.4 Å². The van der Waals surface area contributed by atoms with E-state index in [0.29, 0.717) is 22.7 Å². The van der Waals surface area contributed by atoms with E-state index in [0.717, 1.165) is 6.42 Å². The predicted octanol–water partition coefficient (Wildman–Crippen LogP) is 2.00. The second-order valence-electron chi connectivity index (χ2n) is 6.53. The standard InChI is InChI=1S/C12H21BN2O/c1-11-6-4-5-8-9(7-12(11,2)13-11)16-10(14)15(8)3/h8-9,13-14H,4-7H2,1-3H3. The van der Waals surface area contributed by atoms with Gasteiger partial charge in [-0.1, -0.05) is 37.3 Å². The Bertz CT molecular complexity index is 348. The zero-order chi connectivity index (χ0) is 11.6. The normalized spacial score (nSPS) is 50.7. The van der Waals surface area contributed by atoms with Crippen molar-refractivity contribution >= 4 is 13.3 Å². The lowest BCUT2D eigenvalue weighted by atomic mass is 9.81. The Hall–Kier alpha value is -0.665. The molecule has 2 saturated heterocycles. The van der Waals surface area contributed by atoms with Crippen LogP contribution in [0.2, 0.25) is 10.6 Å². The first kappa shape index (κ1) is 10.5. The third-order valence-corrected chi connectivity index (χ3v) is 5.50. The van der Waals surface area contributed by atoms with Gasteiger partial charge in [-0.2, -0.15) is 0 Å². The summed E-state index contributed by atoms with van der Waals surface area (Å²) in [6.07, 6.45) is 5.24. The van der Waals surface area contributed by atoms with E-state index in [-0.39, 0.29) is 6.10 Å². The van der Waals surface area contributed by atoms with Crippen molar-refractivity contribution in [3.8, 4) is 0 Å². The molecule has 3 nitrogen and oxygen atoms in total. The zero-order valence-corrected chi connectivity index (χ0v) is 10.5. The molecule has 3 aliphatic rings. The Labute approximate surface area is 98.3 Å². The Kier molecular flexibility index (Phi) is 1.94. The molecule has 2 heterocycles. The van der Waals surface area contributed by atoms with Gasteiger partial charge >= 0.3 is 0 Å². The third-order valence-electron chi connectivity index (χ3n) is 5.50. The van der Waals surface area contributed by atoms with Crippen molar-refractivity contribution in [1.29, 1.82) is 5.41 Å². The van der Waals surface area contributed by atoms with Gasteiger partial charge in [0, 0.05) is 7.05 Å². The van der Waals surface area contributed by atoms with Crippen LogP contribution in [0.15, 0.2) is 0 Å².